The number of halogens is 3. The van der Waals surface area contributed by atoms with Gasteiger partial charge in [-0.2, -0.15) is 13.2 Å². The number of fused-ring (bicyclic) bond motifs is 1. The van der Waals surface area contributed by atoms with Gasteiger partial charge in [0.05, 0.1) is 34.5 Å². The molecule has 1 unspecified atom stereocenters. The zero-order valence-electron chi connectivity index (χ0n) is 25.2. The Bertz CT molecular complexity index is 2160. The highest BCUT2D eigenvalue weighted by Crippen LogP contribution is 2.33. The largest absolute Gasteiger partial charge is 0.496 e. The summed E-state index contributed by atoms with van der Waals surface area (Å²) in [7, 11) is 1.48. The van der Waals surface area contributed by atoms with Crippen LogP contribution < -0.4 is 29.7 Å². The van der Waals surface area contributed by atoms with Crippen molar-refractivity contribution in [1.82, 2.24) is 4.57 Å². The van der Waals surface area contributed by atoms with E-state index in [1.165, 1.54) is 30.6 Å². The first-order valence-corrected chi connectivity index (χ1v) is 15.3. The number of nitrogens with zero attached hydrogens (tertiary/aromatic N) is 2. The van der Waals surface area contributed by atoms with Gasteiger partial charge in [0.2, 0.25) is 0 Å². The number of ether oxygens (including phenoxy) is 2. The molecule has 0 fully saturated rings. The van der Waals surface area contributed by atoms with Crippen LogP contribution in [0.1, 0.15) is 35.2 Å². The molecule has 0 saturated carbocycles. The van der Waals surface area contributed by atoms with E-state index in [0.717, 1.165) is 17.7 Å². The van der Waals surface area contributed by atoms with Gasteiger partial charge in [0.1, 0.15) is 18.1 Å². The predicted octanol–water partition coefficient (Wildman–Crippen LogP) is 6.48. The van der Waals surface area contributed by atoms with Gasteiger partial charge >= 0.3 is 6.18 Å². The Morgan fingerprint density at radius 3 is 2.40 bits per heavy atom. The standard InChI is InChI=1S/C36H28F3N3O4S/c1-22-31(33(43)41-27-13-7-4-8-14-27)32(24-10-5-3-6-11-24)42-34(44)30(47-35(42)40-22)19-23-16-17-29(45-2)25(18-23)21-46-28-15-9-12-26(20-28)36(37,38)39/h3-20,32H,21H2,1-2H3,(H,41,43)/b30-19-. The van der Waals surface area contributed by atoms with Gasteiger partial charge in [0.15, 0.2) is 4.80 Å². The van der Waals surface area contributed by atoms with Crippen molar-refractivity contribution in [2.75, 3.05) is 12.4 Å². The monoisotopic (exact) mass is 655 g/mol. The summed E-state index contributed by atoms with van der Waals surface area (Å²) in [5.74, 6) is 0.175. The van der Waals surface area contributed by atoms with Crippen molar-refractivity contribution in [2.45, 2.75) is 25.7 Å². The van der Waals surface area contributed by atoms with Crippen LogP contribution in [0.25, 0.3) is 6.08 Å². The quantitative estimate of drug-likeness (QED) is 0.208. The van der Waals surface area contributed by atoms with Gasteiger partial charge in [-0.25, -0.2) is 4.99 Å². The van der Waals surface area contributed by atoms with Crippen LogP contribution in [0.2, 0.25) is 0 Å². The number of carbonyl (C=O) groups is 1. The van der Waals surface area contributed by atoms with Gasteiger partial charge < -0.3 is 14.8 Å². The molecule has 1 aliphatic heterocycles. The van der Waals surface area contributed by atoms with Crippen molar-refractivity contribution < 1.29 is 27.4 Å². The minimum Gasteiger partial charge on any atom is -0.496 e. The fraction of sp³-hybridized carbons (Fsp3) is 0.139. The van der Waals surface area contributed by atoms with E-state index in [1.54, 1.807) is 47.9 Å². The number of amides is 1. The number of benzene rings is 4. The SMILES string of the molecule is COc1ccc(/C=c2\sc3n(c2=O)C(c2ccccc2)C(C(=O)Nc2ccccc2)=C(C)N=3)cc1COc1cccc(C(F)(F)F)c1. The Labute approximate surface area is 271 Å². The maximum atomic E-state index is 14.1. The van der Waals surface area contributed by atoms with Crippen LogP contribution in [0.3, 0.4) is 0 Å². The summed E-state index contributed by atoms with van der Waals surface area (Å²) < 4.78 is 52.6. The zero-order chi connectivity index (χ0) is 33.1. The Kier molecular flexibility index (Phi) is 8.82. The maximum Gasteiger partial charge on any atom is 0.416 e. The number of rotatable bonds is 8. The zero-order valence-corrected chi connectivity index (χ0v) is 26.1. The molecule has 5 aromatic rings. The van der Waals surface area contributed by atoms with Crippen molar-refractivity contribution in [3.05, 3.63) is 156 Å². The summed E-state index contributed by atoms with van der Waals surface area (Å²) in [5, 5.41) is 2.93. The number of para-hydroxylation sites is 1. The third kappa shape index (κ3) is 6.75. The summed E-state index contributed by atoms with van der Waals surface area (Å²) in [4.78, 5) is 32.9. The molecule has 0 aliphatic carbocycles. The van der Waals surface area contributed by atoms with E-state index in [0.29, 0.717) is 43.2 Å². The fourth-order valence-electron chi connectivity index (χ4n) is 5.36. The minimum absolute atomic E-state index is 0.0592. The third-order valence-corrected chi connectivity index (χ3v) is 8.55. The van der Waals surface area contributed by atoms with Crippen molar-refractivity contribution in [3.8, 4) is 11.5 Å². The Morgan fingerprint density at radius 1 is 0.979 bits per heavy atom. The van der Waals surface area contributed by atoms with Crippen LogP contribution in [0.4, 0.5) is 18.9 Å². The number of nitrogens with one attached hydrogen (secondary N) is 1. The van der Waals surface area contributed by atoms with Gasteiger partial charge in [-0.1, -0.05) is 72.0 Å². The van der Waals surface area contributed by atoms with Crippen molar-refractivity contribution >= 4 is 29.0 Å². The number of aromatic nitrogens is 1. The van der Waals surface area contributed by atoms with Crippen LogP contribution in [-0.4, -0.2) is 17.6 Å². The van der Waals surface area contributed by atoms with Gasteiger partial charge in [-0.15, -0.1) is 0 Å². The number of alkyl halides is 3. The second kappa shape index (κ2) is 13.1. The Hall–Kier alpha value is -5.42. The van der Waals surface area contributed by atoms with Crippen LogP contribution in [0, 0.1) is 0 Å². The van der Waals surface area contributed by atoms with Crippen molar-refractivity contribution in [1.29, 1.82) is 0 Å². The first kappa shape index (κ1) is 31.6. The molecular weight excluding hydrogens is 627 g/mol. The molecule has 6 rings (SSSR count). The van der Waals surface area contributed by atoms with Gasteiger partial charge in [0, 0.05) is 11.3 Å². The normalized spacial score (nSPS) is 14.7. The van der Waals surface area contributed by atoms with E-state index in [1.807, 2.05) is 48.5 Å². The van der Waals surface area contributed by atoms with Crippen molar-refractivity contribution in [2.24, 2.45) is 4.99 Å². The molecule has 7 nitrogen and oxygen atoms in total. The van der Waals surface area contributed by atoms with Crippen molar-refractivity contribution in [3.63, 3.8) is 0 Å². The van der Waals surface area contributed by atoms with E-state index < -0.39 is 17.8 Å². The summed E-state index contributed by atoms with van der Waals surface area (Å²) >= 11 is 1.20. The number of allylic oxidation sites excluding steroid dienone is 1. The number of hydrogen-bond acceptors (Lipinski definition) is 6. The lowest BCUT2D eigenvalue weighted by Crippen LogP contribution is -2.40. The summed E-state index contributed by atoms with van der Waals surface area (Å²) in [6, 6.07) is 27.6. The lowest BCUT2D eigenvalue weighted by Gasteiger charge is -2.25. The molecule has 0 saturated heterocycles. The number of carbonyl (C=O) groups excluding carboxylic acids is 1. The van der Waals surface area contributed by atoms with Crippen LogP contribution in [-0.2, 0) is 17.6 Å². The Morgan fingerprint density at radius 2 is 1.70 bits per heavy atom. The average molecular weight is 656 g/mol. The summed E-state index contributed by atoms with van der Waals surface area (Å²) in [6.45, 7) is 1.69. The molecule has 1 aromatic heterocycles. The van der Waals surface area contributed by atoms with Gasteiger partial charge in [0.25, 0.3) is 11.5 Å². The lowest BCUT2D eigenvalue weighted by molar-refractivity contribution is -0.137. The van der Waals surface area contributed by atoms with E-state index in [9.17, 15) is 22.8 Å². The maximum absolute atomic E-state index is 14.1. The summed E-state index contributed by atoms with van der Waals surface area (Å²) in [6.07, 6.45) is -2.78. The molecule has 1 atom stereocenters. The lowest BCUT2D eigenvalue weighted by atomic mass is 9.95. The smallest absolute Gasteiger partial charge is 0.416 e. The minimum atomic E-state index is -4.49. The molecule has 0 bridgehead atoms. The summed E-state index contributed by atoms with van der Waals surface area (Å²) in [5.41, 5.74) is 2.32. The first-order chi connectivity index (χ1) is 22.6. The third-order valence-electron chi connectivity index (χ3n) is 7.57. The molecular formula is C36H28F3N3O4S. The average Bonchev–Trinajstić information content (AvgIpc) is 3.37. The highest BCUT2D eigenvalue weighted by Gasteiger charge is 2.33. The second-order valence-corrected chi connectivity index (χ2v) is 11.7. The van der Waals surface area contributed by atoms with Crippen LogP contribution in [0.15, 0.2) is 124 Å². The van der Waals surface area contributed by atoms with Crippen LogP contribution >= 0.6 is 11.3 Å². The molecule has 1 N–H and O–H groups in total. The Balaban J connectivity index is 1.37. The van der Waals surface area contributed by atoms with E-state index in [-0.39, 0.29) is 23.8 Å². The molecule has 0 spiro atoms. The van der Waals surface area contributed by atoms with E-state index >= 15 is 0 Å². The number of anilines is 1. The molecule has 238 valence electrons. The number of thiazole rings is 1. The van der Waals surface area contributed by atoms with Crippen LogP contribution in [0.5, 0.6) is 11.5 Å². The van der Waals surface area contributed by atoms with E-state index in [4.69, 9.17) is 9.47 Å². The molecule has 0 radical (unpaired) electrons. The number of hydrogen-bond donors (Lipinski definition) is 1. The predicted molar refractivity (Wildman–Crippen MR) is 174 cm³/mol. The molecule has 4 aromatic carbocycles. The van der Waals surface area contributed by atoms with E-state index in [2.05, 4.69) is 10.3 Å². The topological polar surface area (TPSA) is 81.9 Å². The molecule has 1 amide bonds. The van der Waals surface area contributed by atoms with Gasteiger partial charge in [-0.05, 0) is 66.6 Å². The molecule has 2 heterocycles. The number of methoxy groups -OCH3 is 1. The highest BCUT2D eigenvalue weighted by molar-refractivity contribution is 7.07. The molecule has 47 heavy (non-hydrogen) atoms. The highest BCUT2D eigenvalue weighted by atomic mass is 32.1. The second-order valence-electron chi connectivity index (χ2n) is 10.7. The molecule has 1 aliphatic rings. The molecule has 11 heteroatoms. The fourth-order valence-corrected chi connectivity index (χ4v) is 6.40. The van der Waals surface area contributed by atoms with Gasteiger partial charge in [-0.3, -0.25) is 14.2 Å². The first-order valence-electron chi connectivity index (χ1n) is 14.5.